The Kier molecular flexibility index (Phi) is 5.48. The first-order chi connectivity index (χ1) is 7.58. The van der Waals surface area contributed by atoms with E-state index in [4.69, 9.17) is 10.00 Å². The van der Waals surface area contributed by atoms with Gasteiger partial charge in [-0.2, -0.15) is 5.26 Å². The Bertz CT molecular complexity index is 452. The highest BCUT2D eigenvalue weighted by Crippen LogP contribution is 2.22. The lowest BCUT2D eigenvalue weighted by atomic mass is 10.1. The number of carbonyl (C=O) groups is 1. The monoisotopic (exact) mass is 441 g/mol. The van der Waals surface area contributed by atoms with Crippen molar-refractivity contribution in [3.8, 4) is 6.07 Å². The van der Waals surface area contributed by atoms with Gasteiger partial charge in [0.1, 0.15) is 0 Å². The molecule has 0 amide bonds. The Balaban J connectivity index is 3.00. The molecular formula is C11H9I2NO2. The Morgan fingerprint density at radius 2 is 2.19 bits per heavy atom. The highest BCUT2D eigenvalue weighted by Gasteiger charge is 2.11. The average Bonchev–Trinajstić information content (AvgIpc) is 2.24. The Morgan fingerprint density at radius 3 is 2.75 bits per heavy atom. The van der Waals surface area contributed by atoms with Gasteiger partial charge in [0.2, 0.25) is 0 Å². The number of hydrogen-bond donors (Lipinski definition) is 0. The van der Waals surface area contributed by atoms with E-state index >= 15 is 0 Å². The summed E-state index contributed by atoms with van der Waals surface area (Å²) in [6.07, 6.45) is 0.220. The minimum Gasteiger partial charge on any atom is -0.466 e. The fourth-order valence-electron chi connectivity index (χ4n) is 1.21. The lowest BCUT2D eigenvalue weighted by molar-refractivity contribution is -0.142. The van der Waals surface area contributed by atoms with Crippen molar-refractivity contribution in [2.75, 3.05) is 6.61 Å². The summed E-state index contributed by atoms with van der Waals surface area (Å²) in [5.74, 6) is -0.258. The summed E-state index contributed by atoms with van der Waals surface area (Å²) in [6, 6.07) is 5.62. The standard InChI is InChI=1S/C11H9I2NO2/c1-2-16-10(15)5-8-3-7(6-14)4-9(12)11(8)13/h3-4H,2,5H2,1H3. The summed E-state index contributed by atoms with van der Waals surface area (Å²) >= 11 is 4.33. The van der Waals surface area contributed by atoms with Crippen LogP contribution >= 0.6 is 45.2 Å². The van der Waals surface area contributed by atoms with E-state index < -0.39 is 0 Å². The largest absolute Gasteiger partial charge is 0.466 e. The molecule has 0 N–H and O–H groups in total. The summed E-state index contributed by atoms with van der Waals surface area (Å²) in [6.45, 7) is 2.16. The molecule has 1 aromatic carbocycles. The van der Waals surface area contributed by atoms with Crippen LogP contribution in [0.3, 0.4) is 0 Å². The van der Waals surface area contributed by atoms with Crippen LogP contribution in [0.4, 0.5) is 0 Å². The predicted molar refractivity (Wildman–Crippen MR) is 76.9 cm³/mol. The number of nitriles is 1. The van der Waals surface area contributed by atoms with Crippen molar-refractivity contribution >= 4 is 51.2 Å². The average molecular weight is 441 g/mol. The van der Waals surface area contributed by atoms with Crippen LogP contribution in [0.25, 0.3) is 0 Å². The number of halogens is 2. The SMILES string of the molecule is CCOC(=O)Cc1cc(C#N)cc(I)c1I. The van der Waals surface area contributed by atoms with Gasteiger partial charge in [-0.3, -0.25) is 4.79 Å². The zero-order chi connectivity index (χ0) is 12.1. The molecule has 16 heavy (non-hydrogen) atoms. The van der Waals surface area contributed by atoms with Crippen molar-refractivity contribution in [1.82, 2.24) is 0 Å². The normalized spacial score (nSPS) is 9.62. The van der Waals surface area contributed by atoms with Crippen molar-refractivity contribution in [2.45, 2.75) is 13.3 Å². The Labute approximate surface area is 121 Å². The molecule has 3 nitrogen and oxygen atoms in total. The van der Waals surface area contributed by atoms with E-state index in [-0.39, 0.29) is 12.4 Å². The number of rotatable bonds is 3. The van der Waals surface area contributed by atoms with Gasteiger partial charge in [0.15, 0.2) is 0 Å². The molecule has 5 heteroatoms. The second kappa shape index (κ2) is 6.39. The fourth-order valence-corrected chi connectivity index (χ4v) is 2.39. The number of ether oxygens (including phenoxy) is 1. The van der Waals surface area contributed by atoms with Crippen molar-refractivity contribution in [3.05, 3.63) is 30.4 Å². The Hall–Kier alpha value is -0.360. The lowest BCUT2D eigenvalue weighted by Crippen LogP contribution is -2.09. The van der Waals surface area contributed by atoms with Crippen LogP contribution in [-0.2, 0) is 16.0 Å². The van der Waals surface area contributed by atoms with Gasteiger partial charge in [0.25, 0.3) is 0 Å². The van der Waals surface area contributed by atoms with Gasteiger partial charge in [-0.05, 0) is 69.8 Å². The number of esters is 1. The maximum Gasteiger partial charge on any atom is 0.310 e. The zero-order valence-electron chi connectivity index (χ0n) is 8.59. The first kappa shape index (κ1) is 13.7. The summed E-state index contributed by atoms with van der Waals surface area (Å²) in [5.41, 5.74) is 1.42. The Morgan fingerprint density at radius 1 is 1.50 bits per heavy atom. The van der Waals surface area contributed by atoms with Crippen molar-refractivity contribution in [1.29, 1.82) is 5.26 Å². The van der Waals surface area contributed by atoms with Crippen LogP contribution < -0.4 is 0 Å². The first-order valence-corrected chi connectivity index (χ1v) is 6.77. The number of hydrogen-bond acceptors (Lipinski definition) is 3. The highest BCUT2D eigenvalue weighted by molar-refractivity contribution is 14.1. The topological polar surface area (TPSA) is 50.1 Å². The third-order valence-electron chi connectivity index (χ3n) is 1.87. The predicted octanol–water partition coefficient (Wildman–Crippen LogP) is 2.87. The molecule has 0 heterocycles. The van der Waals surface area contributed by atoms with Gasteiger partial charge in [0, 0.05) is 7.14 Å². The summed E-state index contributed by atoms with van der Waals surface area (Å²) in [4.78, 5) is 11.4. The zero-order valence-corrected chi connectivity index (χ0v) is 12.9. The highest BCUT2D eigenvalue weighted by atomic mass is 127. The van der Waals surface area contributed by atoms with Gasteiger partial charge in [-0.1, -0.05) is 0 Å². The molecule has 0 saturated heterocycles. The second-order valence-electron chi connectivity index (χ2n) is 3.02. The van der Waals surface area contributed by atoms with Crippen molar-refractivity contribution < 1.29 is 9.53 Å². The molecule has 0 aliphatic carbocycles. The number of nitrogens with zero attached hydrogens (tertiary/aromatic N) is 1. The molecule has 0 aromatic heterocycles. The van der Waals surface area contributed by atoms with Crippen LogP contribution in [0.5, 0.6) is 0 Å². The molecule has 1 aromatic rings. The smallest absolute Gasteiger partial charge is 0.310 e. The third kappa shape index (κ3) is 3.59. The van der Waals surface area contributed by atoms with Gasteiger partial charge in [0.05, 0.1) is 24.7 Å². The lowest BCUT2D eigenvalue weighted by Gasteiger charge is -2.07. The van der Waals surface area contributed by atoms with Gasteiger partial charge in [-0.25, -0.2) is 0 Å². The molecule has 0 unspecified atom stereocenters. The molecule has 0 aliphatic rings. The van der Waals surface area contributed by atoms with Crippen LogP contribution in [-0.4, -0.2) is 12.6 Å². The summed E-state index contributed by atoms with van der Waals surface area (Å²) in [7, 11) is 0. The molecule has 0 atom stereocenters. The molecule has 0 aliphatic heterocycles. The van der Waals surface area contributed by atoms with E-state index in [0.29, 0.717) is 12.2 Å². The van der Waals surface area contributed by atoms with Gasteiger partial charge >= 0.3 is 5.97 Å². The second-order valence-corrected chi connectivity index (χ2v) is 5.27. The molecule has 0 spiro atoms. The van der Waals surface area contributed by atoms with E-state index in [1.807, 2.05) is 0 Å². The molecule has 0 bridgehead atoms. The summed E-state index contributed by atoms with van der Waals surface area (Å²) < 4.78 is 6.87. The van der Waals surface area contributed by atoms with Crippen LogP contribution in [0.2, 0.25) is 0 Å². The van der Waals surface area contributed by atoms with Crippen molar-refractivity contribution in [2.24, 2.45) is 0 Å². The minimum atomic E-state index is -0.258. The van der Waals surface area contributed by atoms with Gasteiger partial charge in [-0.15, -0.1) is 0 Å². The summed E-state index contributed by atoms with van der Waals surface area (Å²) in [5, 5.41) is 8.84. The van der Waals surface area contributed by atoms with Crippen LogP contribution in [0, 0.1) is 18.5 Å². The molecule has 0 fully saturated rings. The van der Waals surface area contributed by atoms with Crippen LogP contribution in [0.15, 0.2) is 12.1 Å². The number of benzene rings is 1. The van der Waals surface area contributed by atoms with Gasteiger partial charge < -0.3 is 4.74 Å². The molecule has 0 saturated carbocycles. The van der Waals surface area contributed by atoms with E-state index in [0.717, 1.165) is 12.7 Å². The van der Waals surface area contributed by atoms with E-state index in [2.05, 4.69) is 51.3 Å². The molecule has 84 valence electrons. The molecule has 1 rings (SSSR count). The maximum absolute atomic E-state index is 11.4. The maximum atomic E-state index is 11.4. The molecular weight excluding hydrogens is 432 g/mol. The van der Waals surface area contributed by atoms with E-state index in [1.54, 1.807) is 19.1 Å². The molecule has 0 radical (unpaired) electrons. The first-order valence-electron chi connectivity index (χ1n) is 4.62. The van der Waals surface area contributed by atoms with Crippen molar-refractivity contribution in [3.63, 3.8) is 0 Å². The van der Waals surface area contributed by atoms with E-state index in [9.17, 15) is 4.79 Å². The van der Waals surface area contributed by atoms with E-state index in [1.165, 1.54) is 0 Å². The quantitative estimate of drug-likeness (QED) is 0.536. The number of carbonyl (C=O) groups excluding carboxylic acids is 1. The fraction of sp³-hybridized carbons (Fsp3) is 0.273. The minimum absolute atomic E-state index is 0.220. The van der Waals surface area contributed by atoms with Crippen LogP contribution in [0.1, 0.15) is 18.1 Å². The third-order valence-corrected chi connectivity index (χ3v) is 5.03.